The van der Waals surface area contributed by atoms with Crippen LogP contribution in [0.25, 0.3) is 0 Å². The van der Waals surface area contributed by atoms with Gasteiger partial charge in [0.25, 0.3) is 0 Å². The summed E-state index contributed by atoms with van der Waals surface area (Å²) in [5.41, 5.74) is 1.11. The SMILES string of the molecule is CC(C(=O)N1CCNCC1c1cccc(Cl)c1)C1CNC1. The topological polar surface area (TPSA) is 44.4 Å². The molecule has 3 rings (SSSR count). The van der Waals surface area contributed by atoms with Gasteiger partial charge in [0.15, 0.2) is 0 Å². The predicted molar refractivity (Wildman–Crippen MR) is 84.3 cm³/mol. The van der Waals surface area contributed by atoms with Gasteiger partial charge in [-0.05, 0) is 36.7 Å². The summed E-state index contributed by atoms with van der Waals surface area (Å²) in [6.07, 6.45) is 0. The minimum absolute atomic E-state index is 0.0837. The number of halogens is 1. The molecular formula is C16H22ClN3O. The number of piperazine rings is 1. The Hall–Kier alpha value is -1.10. The summed E-state index contributed by atoms with van der Waals surface area (Å²) in [7, 11) is 0. The summed E-state index contributed by atoms with van der Waals surface area (Å²) in [5.74, 6) is 0.839. The number of hydrogen-bond acceptors (Lipinski definition) is 3. The van der Waals surface area contributed by atoms with E-state index in [-0.39, 0.29) is 17.9 Å². The number of amides is 1. The van der Waals surface area contributed by atoms with Gasteiger partial charge in [0, 0.05) is 30.6 Å². The molecule has 21 heavy (non-hydrogen) atoms. The molecule has 2 aliphatic heterocycles. The first-order chi connectivity index (χ1) is 10.2. The van der Waals surface area contributed by atoms with Gasteiger partial charge in [-0.25, -0.2) is 0 Å². The molecule has 0 spiro atoms. The lowest BCUT2D eigenvalue weighted by Crippen LogP contribution is -2.54. The zero-order valence-electron chi connectivity index (χ0n) is 12.3. The molecule has 0 radical (unpaired) electrons. The average Bonchev–Trinajstić information content (AvgIpc) is 2.44. The Morgan fingerprint density at radius 2 is 2.14 bits per heavy atom. The number of nitrogens with zero attached hydrogens (tertiary/aromatic N) is 1. The number of rotatable bonds is 3. The van der Waals surface area contributed by atoms with E-state index in [1.165, 1.54) is 0 Å². The van der Waals surface area contributed by atoms with Crippen molar-refractivity contribution in [3.63, 3.8) is 0 Å². The van der Waals surface area contributed by atoms with Crippen molar-refractivity contribution in [1.82, 2.24) is 15.5 Å². The lowest BCUT2D eigenvalue weighted by atomic mass is 9.87. The number of hydrogen-bond donors (Lipinski definition) is 2. The van der Waals surface area contributed by atoms with Gasteiger partial charge in [-0.1, -0.05) is 30.7 Å². The van der Waals surface area contributed by atoms with E-state index >= 15 is 0 Å². The minimum Gasteiger partial charge on any atom is -0.333 e. The van der Waals surface area contributed by atoms with Crippen molar-refractivity contribution in [2.75, 3.05) is 32.7 Å². The van der Waals surface area contributed by atoms with Crippen LogP contribution in [0.4, 0.5) is 0 Å². The highest BCUT2D eigenvalue weighted by atomic mass is 35.5. The van der Waals surface area contributed by atoms with Crippen molar-refractivity contribution in [1.29, 1.82) is 0 Å². The monoisotopic (exact) mass is 307 g/mol. The molecule has 0 aliphatic carbocycles. The normalized spacial score (nSPS) is 24.5. The van der Waals surface area contributed by atoms with Gasteiger partial charge >= 0.3 is 0 Å². The van der Waals surface area contributed by atoms with Crippen LogP contribution >= 0.6 is 11.6 Å². The molecule has 114 valence electrons. The zero-order chi connectivity index (χ0) is 14.8. The summed E-state index contributed by atoms with van der Waals surface area (Å²) in [4.78, 5) is 14.9. The lowest BCUT2D eigenvalue weighted by molar-refractivity contribution is -0.140. The number of benzene rings is 1. The summed E-state index contributed by atoms with van der Waals surface area (Å²) in [6, 6.07) is 7.93. The van der Waals surface area contributed by atoms with Gasteiger partial charge in [-0.3, -0.25) is 4.79 Å². The van der Waals surface area contributed by atoms with Crippen molar-refractivity contribution in [2.45, 2.75) is 13.0 Å². The molecule has 2 N–H and O–H groups in total. The Morgan fingerprint density at radius 1 is 1.33 bits per heavy atom. The first-order valence-corrected chi connectivity index (χ1v) is 8.02. The first kappa shape index (κ1) is 14.8. The fourth-order valence-corrected chi connectivity index (χ4v) is 3.31. The van der Waals surface area contributed by atoms with E-state index in [1.54, 1.807) is 0 Å². The van der Waals surface area contributed by atoms with Crippen LogP contribution in [0.3, 0.4) is 0 Å². The van der Waals surface area contributed by atoms with Crippen molar-refractivity contribution >= 4 is 17.5 Å². The maximum Gasteiger partial charge on any atom is 0.226 e. The Kier molecular flexibility index (Phi) is 4.48. The maximum absolute atomic E-state index is 12.8. The van der Waals surface area contributed by atoms with Gasteiger partial charge in [0.1, 0.15) is 0 Å². The lowest BCUT2D eigenvalue weighted by Gasteiger charge is -2.41. The van der Waals surface area contributed by atoms with Crippen LogP contribution in [-0.2, 0) is 4.79 Å². The van der Waals surface area contributed by atoms with Crippen LogP contribution in [0.15, 0.2) is 24.3 Å². The zero-order valence-corrected chi connectivity index (χ0v) is 13.1. The molecule has 2 saturated heterocycles. The fourth-order valence-electron chi connectivity index (χ4n) is 3.11. The molecule has 5 heteroatoms. The third-order valence-corrected chi connectivity index (χ3v) is 4.90. The van der Waals surface area contributed by atoms with Crippen LogP contribution < -0.4 is 10.6 Å². The third kappa shape index (κ3) is 3.07. The molecule has 1 aromatic carbocycles. The second kappa shape index (κ2) is 6.34. The smallest absolute Gasteiger partial charge is 0.226 e. The molecular weight excluding hydrogens is 286 g/mol. The average molecular weight is 308 g/mol. The van der Waals surface area contributed by atoms with Crippen LogP contribution in [-0.4, -0.2) is 43.5 Å². The van der Waals surface area contributed by atoms with E-state index in [2.05, 4.69) is 23.6 Å². The second-order valence-corrected chi connectivity index (χ2v) is 6.45. The molecule has 1 amide bonds. The predicted octanol–water partition coefficient (Wildman–Crippen LogP) is 1.67. The largest absolute Gasteiger partial charge is 0.333 e. The molecule has 1 aromatic rings. The highest BCUT2D eigenvalue weighted by Crippen LogP contribution is 2.28. The summed E-state index contributed by atoms with van der Waals surface area (Å²) in [6.45, 7) is 6.40. The Labute approximate surface area is 130 Å². The highest BCUT2D eigenvalue weighted by molar-refractivity contribution is 6.30. The minimum atomic E-state index is 0.0837. The Bertz CT molecular complexity index is 518. The van der Waals surface area contributed by atoms with E-state index in [0.29, 0.717) is 5.92 Å². The van der Waals surface area contributed by atoms with Crippen molar-refractivity contribution in [3.8, 4) is 0 Å². The summed E-state index contributed by atoms with van der Waals surface area (Å²) >= 11 is 6.10. The van der Waals surface area contributed by atoms with Crippen molar-refractivity contribution < 1.29 is 4.79 Å². The van der Waals surface area contributed by atoms with E-state index < -0.39 is 0 Å². The number of carbonyl (C=O) groups is 1. The Morgan fingerprint density at radius 3 is 2.81 bits per heavy atom. The number of nitrogens with one attached hydrogen (secondary N) is 2. The maximum atomic E-state index is 12.8. The van der Waals surface area contributed by atoms with E-state index in [9.17, 15) is 4.79 Å². The molecule has 0 bridgehead atoms. The van der Waals surface area contributed by atoms with Crippen LogP contribution in [0.2, 0.25) is 5.02 Å². The molecule has 2 fully saturated rings. The molecule has 0 saturated carbocycles. The van der Waals surface area contributed by atoms with Gasteiger partial charge in [-0.15, -0.1) is 0 Å². The Balaban J connectivity index is 1.79. The van der Waals surface area contributed by atoms with Gasteiger partial charge in [0.05, 0.1) is 6.04 Å². The molecule has 2 aliphatic rings. The quantitative estimate of drug-likeness (QED) is 0.893. The third-order valence-electron chi connectivity index (χ3n) is 4.67. The van der Waals surface area contributed by atoms with E-state index in [0.717, 1.165) is 43.3 Å². The van der Waals surface area contributed by atoms with Gasteiger partial charge < -0.3 is 15.5 Å². The van der Waals surface area contributed by atoms with Gasteiger partial charge in [-0.2, -0.15) is 0 Å². The highest BCUT2D eigenvalue weighted by Gasteiger charge is 2.35. The fraction of sp³-hybridized carbons (Fsp3) is 0.562. The first-order valence-electron chi connectivity index (χ1n) is 7.64. The second-order valence-electron chi connectivity index (χ2n) is 6.01. The molecule has 2 heterocycles. The standard InChI is InChI=1S/C16H22ClN3O/c1-11(13-8-19-9-13)16(21)20-6-5-18-10-15(20)12-3-2-4-14(17)7-12/h2-4,7,11,13,15,18-19H,5-6,8-10H2,1H3. The number of carbonyl (C=O) groups excluding carboxylic acids is 1. The van der Waals surface area contributed by atoms with Crippen LogP contribution in [0, 0.1) is 11.8 Å². The van der Waals surface area contributed by atoms with Crippen LogP contribution in [0.5, 0.6) is 0 Å². The molecule has 0 aromatic heterocycles. The molecule has 2 unspecified atom stereocenters. The van der Waals surface area contributed by atoms with E-state index in [4.69, 9.17) is 11.6 Å². The van der Waals surface area contributed by atoms with E-state index in [1.807, 2.05) is 23.1 Å². The molecule has 4 nitrogen and oxygen atoms in total. The molecule has 2 atom stereocenters. The summed E-state index contributed by atoms with van der Waals surface area (Å²) < 4.78 is 0. The van der Waals surface area contributed by atoms with Crippen molar-refractivity contribution in [3.05, 3.63) is 34.9 Å². The van der Waals surface area contributed by atoms with Crippen LogP contribution in [0.1, 0.15) is 18.5 Å². The summed E-state index contributed by atoms with van der Waals surface area (Å²) in [5, 5.41) is 7.36. The van der Waals surface area contributed by atoms with Crippen molar-refractivity contribution in [2.24, 2.45) is 11.8 Å². The van der Waals surface area contributed by atoms with Gasteiger partial charge in [0.2, 0.25) is 5.91 Å².